The van der Waals surface area contributed by atoms with Crippen molar-refractivity contribution >= 4 is 29.4 Å². The van der Waals surface area contributed by atoms with Gasteiger partial charge in [-0.3, -0.25) is 24.4 Å². The SMILES string of the molecule is CC(=O)NCC1CN(c2ccc(-n3cnc(C(=O)n4[nH]c(=O)cc4N)c3)c(F)c2)C(=O)O1. The number of H-pyrrole nitrogens is 1. The molecule has 1 aliphatic rings. The van der Waals surface area contributed by atoms with Crippen LogP contribution in [0.25, 0.3) is 5.69 Å². The number of carbonyl (C=O) groups excluding carboxylic acids is 3. The van der Waals surface area contributed by atoms with Crippen LogP contribution < -0.4 is 21.5 Å². The number of carbonyl (C=O) groups is 3. The minimum atomic E-state index is -0.689. The summed E-state index contributed by atoms with van der Waals surface area (Å²) in [6.45, 7) is 1.66. The molecule has 1 atom stereocenters. The monoisotopic (exact) mass is 443 g/mol. The molecule has 1 saturated heterocycles. The van der Waals surface area contributed by atoms with E-state index in [4.69, 9.17) is 10.5 Å². The number of hydrogen-bond acceptors (Lipinski definition) is 7. The van der Waals surface area contributed by atoms with Crippen molar-refractivity contribution in [1.29, 1.82) is 0 Å². The van der Waals surface area contributed by atoms with E-state index in [1.165, 1.54) is 41.0 Å². The summed E-state index contributed by atoms with van der Waals surface area (Å²) in [4.78, 5) is 52.1. The average Bonchev–Trinajstić information content (AvgIpc) is 3.44. The molecule has 4 N–H and O–H groups in total. The van der Waals surface area contributed by atoms with Crippen molar-refractivity contribution in [2.75, 3.05) is 23.7 Å². The molecule has 2 aromatic heterocycles. The van der Waals surface area contributed by atoms with Gasteiger partial charge in [-0.15, -0.1) is 0 Å². The van der Waals surface area contributed by atoms with Gasteiger partial charge < -0.3 is 20.4 Å². The molecule has 0 saturated carbocycles. The summed E-state index contributed by atoms with van der Waals surface area (Å²) in [7, 11) is 0. The molecule has 0 bridgehead atoms. The number of hydrogen-bond donors (Lipinski definition) is 3. The Balaban J connectivity index is 1.53. The van der Waals surface area contributed by atoms with E-state index in [2.05, 4.69) is 15.4 Å². The lowest BCUT2D eigenvalue weighted by atomic mass is 10.2. The number of aromatic nitrogens is 4. The molecule has 1 unspecified atom stereocenters. The maximum atomic E-state index is 14.8. The van der Waals surface area contributed by atoms with Crippen LogP contribution in [0.1, 0.15) is 17.4 Å². The van der Waals surface area contributed by atoms with Gasteiger partial charge in [0.25, 0.3) is 11.5 Å². The topological polar surface area (TPSA) is 157 Å². The largest absolute Gasteiger partial charge is 0.442 e. The third-order valence-electron chi connectivity index (χ3n) is 4.74. The van der Waals surface area contributed by atoms with Crippen molar-refractivity contribution in [3.63, 3.8) is 0 Å². The van der Waals surface area contributed by atoms with E-state index < -0.39 is 29.5 Å². The number of ether oxygens (including phenoxy) is 1. The lowest BCUT2D eigenvalue weighted by Gasteiger charge is -2.14. The molecule has 13 heteroatoms. The van der Waals surface area contributed by atoms with Gasteiger partial charge in [0.2, 0.25) is 5.91 Å². The zero-order valence-corrected chi connectivity index (χ0v) is 16.7. The van der Waals surface area contributed by atoms with Gasteiger partial charge in [0, 0.05) is 19.2 Å². The summed E-state index contributed by atoms with van der Waals surface area (Å²) >= 11 is 0. The highest BCUT2D eigenvalue weighted by molar-refractivity contribution is 5.95. The van der Waals surface area contributed by atoms with Gasteiger partial charge in [-0.1, -0.05) is 0 Å². The summed E-state index contributed by atoms with van der Waals surface area (Å²) in [6, 6.07) is 5.14. The second-order valence-corrected chi connectivity index (χ2v) is 7.04. The predicted molar refractivity (Wildman–Crippen MR) is 109 cm³/mol. The van der Waals surface area contributed by atoms with Crippen LogP contribution in [0, 0.1) is 5.82 Å². The van der Waals surface area contributed by atoms with Crippen LogP contribution in [0.4, 0.5) is 20.7 Å². The fourth-order valence-electron chi connectivity index (χ4n) is 3.22. The van der Waals surface area contributed by atoms with Crippen LogP contribution >= 0.6 is 0 Å². The number of nitrogens with two attached hydrogens (primary N) is 1. The number of benzene rings is 1. The van der Waals surface area contributed by atoms with Gasteiger partial charge in [0.15, 0.2) is 0 Å². The first-order chi connectivity index (χ1) is 15.2. The van der Waals surface area contributed by atoms with Crippen LogP contribution in [0.15, 0.2) is 41.6 Å². The second-order valence-electron chi connectivity index (χ2n) is 7.04. The Morgan fingerprint density at radius 1 is 1.34 bits per heavy atom. The number of rotatable bonds is 5. The van der Waals surface area contributed by atoms with E-state index in [0.29, 0.717) is 0 Å². The molecule has 3 aromatic rings. The lowest BCUT2D eigenvalue weighted by molar-refractivity contribution is -0.119. The molecule has 0 aliphatic carbocycles. The molecule has 1 aliphatic heterocycles. The maximum absolute atomic E-state index is 14.8. The molecule has 1 fully saturated rings. The van der Waals surface area contributed by atoms with Gasteiger partial charge >= 0.3 is 6.09 Å². The molecule has 166 valence electrons. The second kappa shape index (κ2) is 8.02. The van der Waals surface area contributed by atoms with Gasteiger partial charge in [-0.2, -0.15) is 4.68 Å². The number of nitrogen functional groups attached to an aromatic ring is 1. The maximum Gasteiger partial charge on any atom is 0.414 e. The standard InChI is InChI=1S/C19H18FN7O5/c1-10(28)22-6-12-7-26(19(31)32-12)11-2-3-15(13(20)4-11)25-8-14(23-9-25)18(30)27-16(21)5-17(29)24-27/h2-5,8-9,12H,6-7,21H2,1H3,(H,22,28)(H,24,29). The molecule has 4 rings (SSSR count). The number of halogens is 1. The summed E-state index contributed by atoms with van der Waals surface area (Å²) in [5.41, 5.74) is 5.34. The molecule has 12 nitrogen and oxygen atoms in total. The summed E-state index contributed by atoms with van der Waals surface area (Å²) < 4.78 is 22.1. The van der Waals surface area contributed by atoms with Crippen LogP contribution in [0.2, 0.25) is 0 Å². The first kappa shape index (κ1) is 20.8. The molecule has 2 amide bonds. The van der Waals surface area contributed by atoms with Crippen LogP contribution in [0.3, 0.4) is 0 Å². The highest BCUT2D eigenvalue weighted by atomic mass is 19.1. The van der Waals surface area contributed by atoms with E-state index >= 15 is 0 Å². The number of imidazole rings is 1. The quantitative estimate of drug-likeness (QED) is 0.509. The normalized spacial score (nSPS) is 15.6. The fraction of sp³-hybridized carbons (Fsp3) is 0.211. The van der Waals surface area contributed by atoms with Crippen molar-refractivity contribution < 1.29 is 23.5 Å². The number of nitrogens with zero attached hydrogens (tertiary/aromatic N) is 4. The third kappa shape index (κ3) is 3.95. The molecule has 0 radical (unpaired) electrons. The lowest BCUT2D eigenvalue weighted by Crippen LogP contribution is -2.33. The van der Waals surface area contributed by atoms with E-state index in [9.17, 15) is 23.6 Å². The first-order valence-corrected chi connectivity index (χ1v) is 9.41. The Hall–Kier alpha value is -4.42. The van der Waals surface area contributed by atoms with E-state index in [-0.39, 0.29) is 41.9 Å². The van der Waals surface area contributed by atoms with Crippen molar-refractivity contribution in [3.05, 3.63) is 58.7 Å². The zero-order valence-electron chi connectivity index (χ0n) is 16.7. The van der Waals surface area contributed by atoms with Crippen molar-refractivity contribution in [2.24, 2.45) is 0 Å². The van der Waals surface area contributed by atoms with Crippen LogP contribution in [-0.2, 0) is 9.53 Å². The molecule has 1 aromatic carbocycles. The number of nitrogens with one attached hydrogen (secondary N) is 2. The van der Waals surface area contributed by atoms with Crippen LogP contribution in [0.5, 0.6) is 0 Å². The minimum absolute atomic E-state index is 0.0732. The van der Waals surface area contributed by atoms with Gasteiger partial charge in [-0.25, -0.2) is 14.2 Å². The molecular formula is C19H18FN7O5. The predicted octanol–water partition coefficient (Wildman–Crippen LogP) is 0.233. The van der Waals surface area contributed by atoms with E-state index in [1.54, 1.807) is 0 Å². The first-order valence-electron chi connectivity index (χ1n) is 9.41. The van der Waals surface area contributed by atoms with E-state index in [0.717, 1.165) is 16.8 Å². The number of cyclic esters (lactones) is 1. The Morgan fingerprint density at radius 3 is 2.78 bits per heavy atom. The Bertz CT molecular complexity index is 1280. The number of aromatic amines is 1. The fourth-order valence-corrected chi connectivity index (χ4v) is 3.22. The summed E-state index contributed by atoms with van der Waals surface area (Å²) in [5, 5.41) is 4.82. The summed E-state index contributed by atoms with van der Waals surface area (Å²) in [5.74, 6) is -1.70. The minimum Gasteiger partial charge on any atom is -0.442 e. The van der Waals surface area contributed by atoms with Crippen molar-refractivity contribution in [3.8, 4) is 5.69 Å². The molecule has 0 spiro atoms. The average molecular weight is 443 g/mol. The Labute approximate surface area is 179 Å². The van der Waals surface area contributed by atoms with Gasteiger partial charge in [-0.05, 0) is 18.2 Å². The van der Waals surface area contributed by atoms with Gasteiger partial charge in [0.05, 0.1) is 24.5 Å². The zero-order chi connectivity index (χ0) is 23.0. The van der Waals surface area contributed by atoms with Crippen molar-refractivity contribution in [1.82, 2.24) is 24.6 Å². The van der Waals surface area contributed by atoms with Crippen LogP contribution in [-0.4, -0.2) is 56.4 Å². The third-order valence-corrected chi connectivity index (χ3v) is 4.74. The molecule has 3 heterocycles. The Kier molecular flexibility index (Phi) is 5.22. The smallest absolute Gasteiger partial charge is 0.414 e. The van der Waals surface area contributed by atoms with Gasteiger partial charge in [0.1, 0.15) is 29.8 Å². The summed E-state index contributed by atoms with van der Waals surface area (Å²) in [6.07, 6.45) is 1.31. The molecule has 32 heavy (non-hydrogen) atoms. The Morgan fingerprint density at radius 2 is 2.12 bits per heavy atom. The van der Waals surface area contributed by atoms with E-state index in [1.807, 2.05) is 0 Å². The number of anilines is 2. The number of amides is 2. The highest BCUT2D eigenvalue weighted by Gasteiger charge is 2.32. The highest BCUT2D eigenvalue weighted by Crippen LogP contribution is 2.25. The van der Waals surface area contributed by atoms with Crippen molar-refractivity contribution in [2.45, 2.75) is 13.0 Å². The molecular weight excluding hydrogens is 425 g/mol.